The van der Waals surface area contributed by atoms with Crippen LogP contribution in [0, 0.1) is 0 Å². The molecule has 0 saturated heterocycles. The number of aromatic hydroxyl groups is 1. The first-order chi connectivity index (χ1) is 7.98. The average molecular weight is 239 g/mol. The highest BCUT2D eigenvalue weighted by Crippen LogP contribution is 2.37. The maximum atomic E-state index is 12.4. The van der Waals surface area contributed by atoms with Crippen molar-refractivity contribution in [2.75, 3.05) is 0 Å². The first-order valence-electron chi connectivity index (χ1n) is 4.79. The van der Waals surface area contributed by atoms with E-state index in [1.807, 2.05) is 0 Å². The Labute approximate surface area is 95.4 Å². The fourth-order valence-corrected chi connectivity index (χ4v) is 1.50. The molecule has 5 heteroatoms. The van der Waals surface area contributed by atoms with Crippen molar-refractivity contribution in [1.82, 2.24) is 4.98 Å². The number of hydrogen-bond donors (Lipinski definition) is 1. The molecule has 0 aliphatic carbocycles. The third-order valence-electron chi connectivity index (χ3n) is 2.32. The Morgan fingerprint density at radius 3 is 2.12 bits per heavy atom. The van der Waals surface area contributed by atoms with Crippen LogP contribution in [0.15, 0.2) is 42.7 Å². The molecule has 0 spiro atoms. The Bertz CT molecular complexity index is 523. The second-order valence-corrected chi connectivity index (χ2v) is 3.47. The van der Waals surface area contributed by atoms with Gasteiger partial charge in [-0.25, -0.2) is 0 Å². The van der Waals surface area contributed by atoms with Crippen LogP contribution in [0.1, 0.15) is 5.56 Å². The number of phenols is 1. The molecule has 2 nitrogen and oxygen atoms in total. The summed E-state index contributed by atoms with van der Waals surface area (Å²) >= 11 is 0. The van der Waals surface area contributed by atoms with Crippen LogP contribution in [0.25, 0.3) is 11.1 Å². The van der Waals surface area contributed by atoms with Gasteiger partial charge in [-0.2, -0.15) is 13.2 Å². The van der Waals surface area contributed by atoms with E-state index >= 15 is 0 Å². The Hall–Kier alpha value is -2.04. The van der Waals surface area contributed by atoms with E-state index in [-0.39, 0.29) is 0 Å². The van der Waals surface area contributed by atoms with Crippen LogP contribution in [0.4, 0.5) is 13.2 Å². The number of rotatable bonds is 1. The molecule has 1 aromatic heterocycles. The third-order valence-corrected chi connectivity index (χ3v) is 2.32. The zero-order valence-corrected chi connectivity index (χ0v) is 8.57. The molecule has 88 valence electrons. The summed E-state index contributed by atoms with van der Waals surface area (Å²) in [5.41, 5.74) is 0.178. The highest BCUT2D eigenvalue weighted by Gasteiger charge is 2.33. The van der Waals surface area contributed by atoms with Gasteiger partial charge < -0.3 is 5.11 Å². The predicted octanol–water partition coefficient (Wildman–Crippen LogP) is 3.47. The summed E-state index contributed by atoms with van der Waals surface area (Å²) < 4.78 is 37.2. The number of phenolic OH excluding ortho intramolecular Hbond substituents is 1. The standard InChI is InChI=1S/C12H8F3NO/c13-12(14,15)10-2-1-9(7-11(10)17)8-3-5-16-6-4-8/h1-7,17H. The van der Waals surface area contributed by atoms with Gasteiger partial charge in [-0.15, -0.1) is 0 Å². The number of alkyl halides is 3. The van der Waals surface area contributed by atoms with E-state index in [0.29, 0.717) is 11.1 Å². The summed E-state index contributed by atoms with van der Waals surface area (Å²) in [6.45, 7) is 0. The van der Waals surface area contributed by atoms with E-state index in [1.165, 1.54) is 18.5 Å². The molecule has 0 unspecified atom stereocenters. The Morgan fingerprint density at radius 1 is 0.941 bits per heavy atom. The monoisotopic (exact) mass is 239 g/mol. The number of benzene rings is 1. The second kappa shape index (κ2) is 4.08. The van der Waals surface area contributed by atoms with Crippen molar-refractivity contribution in [3.05, 3.63) is 48.3 Å². The SMILES string of the molecule is Oc1cc(-c2ccncc2)ccc1C(F)(F)F. The molecule has 2 aromatic rings. The lowest BCUT2D eigenvalue weighted by atomic mass is 10.0. The molecule has 0 bridgehead atoms. The molecule has 0 amide bonds. The average Bonchev–Trinajstić information content (AvgIpc) is 2.28. The normalized spacial score (nSPS) is 11.5. The van der Waals surface area contributed by atoms with Gasteiger partial charge in [0.1, 0.15) is 5.75 Å². The first-order valence-corrected chi connectivity index (χ1v) is 4.79. The number of aromatic nitrogens is 1. The topological polar surface area (TPSA) is 33.1 Å². The van der Waals surface area contributed by atoms with Gasteiger partial charge in [-0.05, 0) is 35.4 Å². The fourth-order valence-electron chi connectivity index (χ4n) is 1.50. The van der Waals surface area contributed by atoms with Crippen LogP contribution in [0.2, 0.25) is 0 Å². The Balaban J connectivity index is 2.45. The molecule has 2 rings (SSSR count). The number of hydrogen-bond acceptors (Lipinski definition) is 2. The summed E-state index contributed by atoms with van der Waals surface area (Å²) in [5.74, 6) is -0.771. The Morgan fingerprint density at radius 2 is 1.59 bits per heavy atom. The lowest BCUT2D eigenvalue weighted by molar-refractivity contribution is -0.138. The van der Waals surface area contributed by atoms with Crippen molar-refractivity contribution in [3.8, 4) is 16.9 Å². The predicted molar refractivity (Wildman–Crippen MR) is 56.3 cm³/mol. The summed E-state index contributed by atoms with van der Waals surface area (Å²) in [5, 5.41) is 9.35. The summed E-state index contributed by atoms with van der Waals surface area (Å²) in [4.78, 5) is 3.81. The molecule has 1 aromatic carbocycles. The van der Waals surface area contributed by atoms with Gasteiger partial charge in [0.05, 0.1) is 5.56 Å². The van der Waals surface area contributed by atoms with Crippen LogP contribution in [-0.2, 0) is 6.18 Å². The molecule has 0 saturated carbocycles. The van der Waals surface area contributed by atoms with Gasteiger partial charge in [0.15, 0.2) is 0 Å². The largest absolute Gasteiger partial charge is 0.507 e. The molecule has 1 N–H and O–H groups in total. The van der Waals surface area contributed by atoms with Crippen LogP contribution < -0.4 is 0 Å². The highest BCUT2D eigenvalue weighted by molar-refractivity contribution is 5.65. The van der Waals surface area contributed by atoms with E-state index in [1.54, 1.807) is 12.1 Å². The smallest absolute Gasteiger partial charge is 0.419 e. The summed E-state index contributed by atoms with van der Waals surface area (Å²) in [7, 11) is 0. The van der Waals surface area contributed by atoms with Gasteiger partial charge >= 0.3 is 6.18 Å². The minimum absolute atomic E-state index is 0.512. The van der Waals surface area contributed by atoms with E-state index in [4.69, 9.17) is 0 Å². The maximum absolute atomic E-state index is 12.4. The number of halogens is 3. The van der Waals surface area contributed by atoms with Gasteiger partial charge in [-0.1, -0.05) is 6.07 Å². The molecule has 0 atom stereocenters. The van der Waals surface area contributed by atoms with Crippen molar-refractivity contribution < 1.29 is 18.3 Å². The molecule has 0 aliphatic rings. The molecular weight excluding hydrogens is 231 g/mol. The summed E-state index contributed by atoms with van der Waals surface area (Å²) in [6, 6.07) is 6.59. The lowest BCUT2D eigenvalue weighted by Gasteiger charge is -2.10. The van der Waals surface area contributed by atoms with Gasteiger partial charge in [0.2, 0.25) is 0 Å². The van der Waals surface area contributed by atoms with E-state index < -0.39 is 17.5 Å². The number of pyridine rings is 1. The van der Waals surface area contributed by atoms with Crippen molar-refractivity contribution in [2.24, 2.45) is 0 Å². The van der Waals surface area contributed by atoms with Crippen molar-refractivity contribution in [2.45, 2.75) is 6.18 Å². The van der Waals surface area contributed by atoms with E-state index in [9.17, 15) is 18.3 Å². The highest BCUT2D eigenvalue weighted by atomic mass is 19.4. The summed E-state index contributed by atoms with van der Waals surface area (Å²) in [6.07, 6.45) is -1.48. The fraction of sp³-hybridized carbons (Fsp3) is 0.0833. The van der Waals surface area contributed by atoms with E-state index in [2.05, 4.69) is 4.98 Å². The molecule has 0 aliphatic heterocycles. The van der Waals surface area contributed by atoms with Crippen molar-refractivity contribution >= 4 is 0 Å². The van der Waals surface area contributed by atoms with Gasteiger partial charge in [0.25, 0.3) is 0 Å². The lowest BCUT2D eigenvalue weighted by Crippen LogP contribution is -2.04. The van der Waals surface area contributed by atoms with E-state index in [0.717, 1.165) is 12.1 Å². The van der Waals surface area contributed by atoms with Gasteiger partial charge in [0, 0.05) is 12.4 Å². The Kier molecular flexibility index (Phi) is 2.75. The molecule has 1 heterocycles. The second-order valence-electron chi connectivity index (χ2n) is 3.47. The van der Waals surface area contributed by atoms with Crippen molar-refractivity contribution in [1.29, 1.82) is 0 Å². The van der Waals surface area contributed by atoms with Crippen molar-refractivity contribution in [3.63, 3.8) is 0 Å². The zero-order valence-electron chi connectivity index (χ0n) is 8.57. The minimum atomic E-state index is -4.54. The minimum Gasteiger partial charge on any atom is -0.507 e. The molecule has 0 radical (unpaired) electrons. The maximum Gasteiger partial charge on any atom is 0.419 e. The third kappa shape index (κ3) is 2.38. The van der Waals surface area contributed by atoms with Crippen LogP contribution >= 0.6 is 0 Å². The molecule has 17 heavy (non-hydrogen) atoms. The van der Waals surface area contributed by atoms with Crippen LogP contribution in [0.5, 0.6) is 5.75 Å². The quantitative estimate of drug-likeness (QED) is 0.826. The number of nitrogens with zero attached hydrogens (tertiary/aromatic N) is 1. The first kappa shape index (κ1) is 11.4. The zero-order chi connectivity index (χ0) is 12.5. The van der Waals surface area contributed by atoms with Crippen LogP contribution in [-0.4, -0.2) is 10.1 Å². The van der Waals surface area contributed by atoms with Gasteiger partial charge in [-0.3, -0.25) is 4.98 Å². The molecule has 0 fully saturated rings. The molecular formula is C12H8F3NO. The van der Waals surface area contributed by atoms with Crippen LogP contribution in [0.3, 0.4) is 0 Å².